The lowest BCUT2D eigenvalue weighted by atomic mass is 9.64. The zero-order valence-electron chi connectivity index (χ0n) is 20.2. The van der Waals surface area contributed by atoms with Crippen LogP contribution in [0.15, 0.2) is 29.1 Å². The maximum Gasteiger partial charge on any atom is 0.380 e. The number of para-hydroxylation sites is 2. The van der Waals surface area contributed by atoms with Crippen LogP contribution >= 0.6 is 7.60 Å². The summed E-state index contributed by atoms with van der Waals surface area (Å²) in [5, 5.41) is 0. The van der Waals surface area contributed by atoms with Crippen LogP contribution in [0.25, 0.3) is 11.0 Å². The van der Waals surface area contributed by atoms with Gasteiger partial charge in [-0.15, -0.1) is 0 Å². The molecule has 0 spiro atoms. The highest BCUT2D eigenvalue weighted by Gasteiger charge is 2.52. The largest absolute Gasteiger partial charge is 0.380 e. The summed E-state index contributed by atoms with van der Waals surface area (Å²) in [4.78, 5) is 40.3. The molecule has 0 radical (unpaired) electrons. The second-order valence-electron chi connectivity index (χ2n) is 12.3. The number of rotatable bonds is 3. The van der Waals surface area contributed by atoms with Gasteiger partial charge in [-0.3, -0.25) is 14.3 Å². The fourth-order valence-electron chi connectivity index (χ4n) is 9.00. The van der Waals surface area contributed by atoms with Crippen molar-refractivity contribution in [2.45, 2.75) is 82.3 Å². The highest BCUT2D eigenvalue weighted by atomic mass is 31.2. The Morgan fingerprint density at radius 2 is 1.66 bits per heavy atom. The predicted octanol–water partition coefficient (Wildman–Crippen LogP) is 3.83. The molecular formula is C27H36N3O4P. The van der Waals surface area contributed by atoms with Crippen LogP contribution in [0.5, 0.6) is 0 Å². The summed E-state index contributed by atoms with van der Waals surface area (Å²) in [5.74, 6) is 4.36. The van der Waals surface area contributed by atoms with Crippen LogP contribution < -0.4 is 11.0 Å². The zero-order valence-corrected chi connectivity index (χ0v) is 21.1. The van der Waals surface area contributed by atoms with E-state index in [0.29, 0.717) is 29.0 Å². The van der Waals surface area contributed by atoms with Gasteiger partial charge in [0.05, 0.1) is 11.0 Å². The highest BCUT2D eigenvalue weighted by molar-refractivity contribution is 7.59. The molecule has 8 heteroatoms. The average molecular weight is 498 g/mol. The summed E-state index contributed by atoms with van der Waals surface area (Å²) < 4.78 is 13.9. The Labute approximate surface area is 206 Å². The van der Waals surface area contributed by atoms with Gasteiger partial charge in [0.2, 0.25) is 5.44 Å². The van der Waals surface area contributed by atoms with Crippen LogP contribution in [0, 0.1) is 29.6 Å². The Kier molecular flexibility index (Phi) is 5.33. The molecule has 35 heavy (non-hydrogen) atoms. The minimum absolute atomic E-state index is 0.0590. The summed E-state index contributed by atoms with van der Waals surface area (Å²) in [5.41, 5.74) is -0.0443. The third-order valence-electron chi connectivity index (χ3n) is 10.4. The van der Waals surface area contributed by atoms with E-state index >= 15 is 0 Å². The van der Waals surface area contributed by atoms with E-state index in [2.05, 4.69) is 9.88 Å². The Morgan fingerprint density at radius 3 is 2.51 bits per heavy atom. The lowest BCUT2D eigenvalue weighted by Crippen LogP contribution is -2.47. The molecule has 5 aliphatic rings. The van der Waals surface area contributed by atoms with Crippen molar-refractivity contribution in [3.05, 3.63) is 34.6 Å². The number of fused-ring (bicyclic) bond motifs is 5. The number of aromatic nitrogens is 2. The molecule has 0 amide bonds. The molecule has 8 unspecified atom stereocenters. The summed E-state index contributed by atoms with van der Waals surface area (Å²) in [6.45, 7) is 1.11. The molecule has 2 aromatic rings. The fourth-order valence-corrected chi connectivity index (χ4v) is 9.59. The van der Waals surface area contributed by atoms with Crippen LogP contribution in [-0.4, -0.2) is 42.9 Å². The van der Waals surface area contributed by atoms with Crippen molar-refractivity contribution in [3.63, 3.8) is 0 Å². The molecule has 2 aliphatic heterocycles. The van der Waals surface area contributed by atoms with Gasteiger partial charge in [-0.05, 0) is 99.5 Å². The van der Waals surface area contributed by atoms with Crippen molar-refractivity contribution in [2.75, 3.05) is 6.54 Å². The molecule has 2 saturated heterocycles. The molecule has 1 aromatic heterocycles. The predicted molar refractivity (Wildman–Crippen MR) is 135 cm³/mol. The van der Waals surface area contributed by atoms with Crippen LogP contribution in [0.2, 0.25) is 0 Å². The van der Waals surface area contributed by atoms with Crippen LogP contribution in [0.1, 0.15) is 70.3 Å². The van der Waals surface area contributed by atoms with Gasteiger partial charge >= 0.3 is 7.60 Å². The molecule has 3 heterocycles. The van der Waals surface area contributed by atoms with E-state index in [1.54, 1.807) is 10.6 Å². The third kappa shape index (κ3) is 3.77. The Hall–Kier alpha value is -1.53. The number of nitrogens with zero attached hydrogens (tertiary/aromatic N) is 3. The lowest BCUT2D eigenvalue weighted by Gasteiger charge is -2.46. The van der Waals surface area contributed by atoms with Crippen LogP contribution in [-0.2, 0) is 4.57 Å². The van der Waals surface area contributed by atoms with E-state index in [1.165, 1.54) is 44.9 Å². The second-order valence-corrected chi connectivity index (χ2v) is 13.8. The van der Waals surface area contributed by atoms with E-state index in [0.717, 1.165) is 49.5 Å². The van der Waals surface area contributed by atoms with E-state index in [1.807, 2.05) is 18.2 Å². The highest BCUT2D eigenvalue weighted by Crippen LogP contribution is 2.59. The first-order valence-electron chi connectivity index (χ1n) is 13.7. The van der Waals surface area contributed by atoms with Crippen LogP contribution in [0.4, 0.5) is 0 Å². The molecule has 3 saturated carbocycles. The van der Waals surface area contributed by atoms with Crippen molar-refractivity contribution in [3.8, 4) is 0 Å². The van der Waals surface area contributed by atoms with Gasteiger partial charge in [-0.2, -0.15) is 0 Å². The molecule has 7 rings (SSSR count). The average Bonchev–Trinajstić information content (AvgIpc) is 2.93. The maximum absolute atomic E-state index is 13.5. The van der Waals surface area contributed by atoms with Gasteiger partial charge in [-0.25, -0.2) is 4.98 Å². The van der Waals surface area contributed by atoms with Crippen molar-refractivity contribution in [1.82, 2.24) is 14.5 Å². The van der Waals surface area contributed by atoms with E-state index in [-0.39, 0.29) is 6.04 Å². The smallest absolute Gasteiger partial charge is 0.320 e. The molecule has 1 aromatic carbocycles. The number of hydrogen-bond donors (Lipinski definition) is 2. The Balaban J connectivity index is 1.26. The van der Waals surface area contributed by atoms with Gasteiger partial charge in [0.15, 0.2) is 0 Å². The van der Waals surface area contributed by atoms with Crippen LogP contribution in [0.3, 0.4) is 0 Å². The fraction of sp³-hybridized carbons (Fsp3) is 0.704. The van der Waals surface area contributed by atoms with Gasteiger partial charge < -0.3 is 14.4 Å². The monoisotopic (exact) mass is 497 g/mol. The SMILES string of the molecule is O=c1c(P(=O)(O)O)nc2ccccc2n1C1CC2CCCC(C1)N(C1CC3CC4CC(C1)C4C3)C2. The van der Waals surface area contributed by atoms with Gasteiger partial charge in [-0.1, -0.05) is 18.6 Å². The standard InChI is InChI=1S/C27H36N3O4P/c31-27-26(35(32,33)34)28-24-6-1-2-7-25(24)30(27)22-9-16-4-3-5-20(14-22)29(15-16)21-10-17-8-18-12-19(13-21)23(18)11-17/h1-2,6-7,16-23H,3-5,8-15H2,(H2,32,33,34). The van der Waals surface area contributed by atoms with Crippen molar-refractivity contribution < 1.29 is 14.4 Å². The first kappa shape index (κ1) is 22.7. The molecule has 4 bridgehead atoms. The van der Waals surface area contributed by atoms with Gasteiger partial charge in [0.25, 0.3) is 5.56 Å². The zero-order chi connectivity index (χ0) is 23.9. The summed E-state index contributed by atoms with van der Waals surface area (Å²) in [7, 11) is -4.78. The minimum atomic E-state index is -4.78. The summed E-state index contributed by atoms with van der Waals surface area (Å²) in [6.07, 6.45) is 12.4. The lowest BCUT2D eigenvalue weighted by molar-refractivity contribution is 0.0337. The number of hydrogen-bond acceptors (Lipinski definition) is 4. The Bertz CT molecular complexity index is 1250. The van der Waals surface area contributed by atoms with Crippen molar-refractivity contribution in [1.29, 1.82) is 0 Å². The molecule has 5 fully saturated rings. The first-order chi connectivity index (χ1) is 16.8. The topological polar surface area (TPSA) is 95.7 Å². The van der Waals surface area contributed by atoms with Gasteiger partial charge in [0, 0.05) is 24.7 Å². The minimum Gasteiger partial charge on any atom is -0.320 e. The van der Waals surface area contributed by atoms with Crippen molar-refractivity contribution in [2.24, 2.45) is 29.6 Å². The molecule has 7 nitrogen and oxygen atoms in total. The molecule has 8 atom stereocenters. The Morgan fingerprint density at radius 1 is 0.857 bits per heavy atom. The second kappa shape index (κ2) is 8.24. The molecule has 3 aliphatic carbocycles. The van der Waals surface area contributed by atoms with E-state index in [9.17, 15) is 19.1 Å². The van der Waals surface area contributed by atoms with E-state index in [4.69, 9.17) is 0 Å². The maximum atomic E-state index is 13.5. The van der Waals surface area contributed by atoms with Crippen molar-refractivity contribution >= 4 is 24.1 Å². The first-order valence-corrected chi connectivity index (χ1v) is 15.3. The molecule has 188 valence electrons. The number of benzene rings is 1. The molecule has 2 N–H and O–H groups in total. The molecular weight excluding hydrogens is 461 g/mol. The van der Waals surface area contributed by atoms with E-state index < -0.39 is 18.6 Å². The quantitative estimate of drug-likeness (QED) is 0.626. The normalized spacial score (nSPS) is 39.1. The summed E-state index contributed by atoms with van der Waals surface area (Å²) >= 11 is 0. The van der Waals surface area contributed by atoms with Gasteiger partial charge in [0.1, 0.15) is 0 Å². The summed E-state index contributed by atoms with van der Waals surface area (Å²) in [6, 6.07) is 8.35. The third-order valence-corrected chi connectivity index (χ3v) is 11.2.